The molecule has 30 heavy (non-hydrogen) atoms. The number of benzene rings is 2. The third kappa shape index (κ3) is 5.77. The Morgan fingerprint density at radius 2 is 1.83 bits per heavy atom. The van der Waals surface area contributed by atoms with Gasteiger partial charge in [-0.1, -0.05) is 56.0 Å². The molecule has 5 nitrogen and oxygen atoms in total. The Balaban J connectivity index is 1.54. The van der Waals surface area contributed by atoms with Gasteiger partial charge in [-0.05, 0) is 53.8 Å². The molecule has 0 saturated carbocycles. The van der Waals surface area contributed by atoms with Gasteiger partial charge in [0.1, 0.15) is 23.3 Å². The summed E-state index contributed by atoms with van der Waals surface area (Å²) in [4.78, 5) is 12.4. The van der Waals surface area contributed by atoms with Gasteiger partial charge in [0.2, 0.25) is 0 Å². The van der Waals surface area contributed by atoms with Crippen LogP contribution in [0.5, 0.6) is 17.2 Å². The van der Waals surface area contributed by atoms with Crippen LogP contribution in [-0.4, -0.2) is 30.6 Å². The number of thioether (sulfide) groups is 1. The van der Waals surface area contributed by atoms with Crippen molar-refractivity contribution < 1.29 is 19.0 Å². The molecule has 0 bridgehead atoms. The van der Waals surface area contributed by atoms with E-state index in [1.54, 1.807) is 13.2 Å². The number of methoxy groups -OCH3 is 1. The molecule has 0 aromatic heterocycles. The van der Waals surface area contributed by atoms with E-state index in [-0.39, 0.29) is 5.91 Å². The minimum absolute atomic E-state index is 0.182. The molecule has 0 radical (unpaired) electrons. The zero-order chi connectivity index (χ0) is 21.5. The first-order valence-electron chi connectivity index (χ1n) is 9.78. The van der Waals surface area contributed by atoms with Gasteiger partial charge in [-0.15, -0.1) is 0 Å². The third-order valence-electron chi connectivity index (χ3n) is 4.80. The number of hydrogen-bond acceptors (Lipinski definition) is 6. The molecule has 7 heteroatoms. The van der Waals surface area contributed by atoms with Crippen molar-refractivity contribution in [1.29, 1.82) is 0 Å². The summed E-state index contributed by atoms with van der Waals surface area (Å²) in [5, 5.41) is 2.60. The molecule has 0 unspecified atom stereocenters. The van der Waals surface area contributed by atoms with Crippen molar-refractivity contribution in [3.8, 4) is 17.2 Å². The van der Waals surface area contributed by atoms with E-state index in [0.29, 0.717) is 39.9 Å². The normalized spacial score (nSPS) is 15.8. The van der Waals surface area contributed by atoms with Gasteiger partial charge in [0, 0.05) is 0 Å². The molecule has 1 N–H and O–H groups in total. The highest BCUT2D eigenvalue weighted by molar-refractivity contribution is 8.26. The highest BCUT2D eigenvalue weighted by Crippen LogP contribution is 2.31. The molecule has 2 aromatic carbocycles. The van der Waals surface area contributed by atoms with E-state index in [1.807, 2.05) is 30.3 Å². The minimum Gasteiger partial charge on any atom is -0.493 e. The predicted octanol–water partition coefficient (Wildman–Crippen LogP) is 5.16. The summed E-state index contributed by atoms with van der Waals surface area (Å²) in [5.74, 6) is 2.40. The van der Waals surface area contributed by atoms with Crippen LogP contribution in [0.4, 0.5) is 0 Å². The second kappa shape index (κ2) is 10.5. The Kier molecular flexibility index (Phi) is 7.76. The maximum atomic E-state index is 11.8. The average molecular weight is 444 g/mol. The maximum absolute atomic E-state index is 11.8. The maximum Gasteiger partial charge on any atom is 0.263 e. The monoisotopic (exact) mass is 443 g/mol. The lowest BCUT2D eigenvalue weighted by molar-refractivity contribution is -0.115. The number of carbonyl (C=O) groups excluding carboxylic acids is 1. The van der Waals surface area contributed by atoms with E-state index >= 15 is 0 Å². The summed E-state index contributed by atoms with van der Waals surface area (Å²) in [6.07, 6.45) is 2.89. The van der Waals surface area contributed by atoms with Gasteiger partial charge in [0.25, 0.3) is 5.91 Å². The molecular weight excluding hydrogens is 418 g/mol. The van der Waals surface area contributed by atoms with E-state index in [1.165, 1.54) is 17.3 Å². The second-order valence-electron chi connectivity index (χ2n) is 6.84. The molecule has 158 valence electrons. The van der Waals surface area contributed by atoms with E-state index in [0.717, 1.165) is 17.7 Å². The molecule has 1 amide bonds. The fourth-order valence-electron chi connectivity index (χ4n) is 2.91. The standard InChI is InChI=1S/C23H25NO4S2/c1-4-15(2)17-6-8-18(9-7-17)27-11-12-28-19-10-5-16(13-20(19)26-3)14-21-22(25)24-23(29)30-21/h5-10,13-15H,4,11-12H2,1-3H3,(H,24,25,29)/b21-14-/t15-/m1/s1. The minimum atomic E-state index is -0.182. The Morgan fingerprint density at radius 3 is 2.47 bits per heavy atom. The molecule has 1 heterocycles. The van der Waals surface area contributed by atoms with Gasteiger partial charge in [-0.3, -0.25) is 4.79 Å². The zero-order valence-corrected chi connectivity index (χ0v) is 18.9. The second-order valence-corrected chi connectivity index (χ2v) is 8.56. The molecule has 0 spiro atoms. The number of thiocarbonyl (C=S) groups is 1. The Hall–Kier alpha value is -2.51. The van der Waals surface area contributed by atoms with Crippen LogP contribution in [0.2, 0.25) is 0 Å². The van der Waals surface area contributed by atoms with Gasteiger partial charge in [-0.25, -0.2) is 0 Å². The molecule has 0 aliphatic carbocycles. The first kappa shape index (κ1) is 22.2. The van der Waals surface area contributed by atoms with Crippen LogP contribution in [-0.2, 0) is 4.79 Å². The predicted molar refractivity (Wildman–Crippen MR) is 125 cm³/mol. The molecule has 2 aromatic rings. The van der Waals surface area contributed by atoms with Gasteiger partial charge in [0.15, 0.2) is 11.5 Å². The van der Waals surface area contributed by atoms with E-state index in [2.05, 4.69) is 31.3 Å². The van der Waals surface area contributed by atoms with Crippen molar-refractivity contribution in [3.05, 3.63) is 58.5 Å². The topological polar surface area (TPSA) is 56.8 Å². The highest BCUT2D eigenvalue weighted by atomic mass is 32.2. The summed E-state index contributed by atoms with van der Waals surface area (Å²) in [5.41, 5.74) is 2.15. The van der Waals surface area contributed by atoms with Crippen LogP contribution in [0.1, 0.15) is 37.3 Å². The first-order chi connectivity index (χ1) is 14.5. The van der Waals surface area contributed by atoms with Crippen LogP contribution in [0.15, 0.2) is 47.4 Å². The average Bonchev–Trinajstić information content (AvgIpc) is 3.08. The van der Waals surface area contributed by atoms with Gasteiger partial charge >= 0.3 is 0 Å². The van der Waals surface area contributed by atoms with Gasteiger partial charge in [-0.2, -0.15) is 0 Å². The van der Waals surface area contributed by atoms with Crippen molar-refractivity contribution in [2.24, 2.45) is 0 Å². The molecule has 1 fully saturated rings. The largest absolute Gasteiger partial charge is 0.493 e. The SMILES string of the molecule is CC[C@@H](C)c1ccc(OCCOc2ccc(/C=C3\SC(=S)NC3=O)cc2OC)cc1. The Labute approximate surface area is 186 Å². The van der Waals surface area contributed by atoms with Crippen molar-refractivity contribution >= 4 is 40.3 Å². The van der Waals surface area contributed by atoms with Crippen molar-refractivity contribution in [3.63, 3.8) is 0 Å². The number of hydrogen-bond donors (Lipinski definition) is 1. The van der Waals surface area contributed by atoms with Crippen LogP contribution < -0.4 is 19.5 Å². The third-order valence-corrected chi connectivity index (χ3v) is 5.96. The van der Waals surface area contributed by atoms with Crippen LogP contribution in [0.3, 0.4) is 0 Å². The van der Waals surface area contributed by atoms with Crippen molar-refractivity contribution in [2.75, 3.05) is 20.3 Å². The fourth-order valence-corrected chi connectivity index (χ4v) is 3.95. The lowest BCUT2D eigenvalue weighted by Gasteiger charge is -2.13. The summed E-state index contributed by atoms with van der Waals surface area (Å²) < 4.78 is 17.5. The van der Waals surface area contributed by atoms with Crippen LogP contribution in [0.25, 0.3) is 6.08 Å². The summed E-state index contributed by atoms with van der Waals surface area (Å²) >= 11 is 6.26. The Morgan fingerprint density at radius 1 is 1.10 bits per heavy atom. The van der Waals surface area contributed by atoms with E-state index in [9.17, 15) is 4.79 Å². The summed E-state index contributed by atoms with van der Waals surface area (Å²) in [6.45, 7) is 5.21. The van der Waals surface area contributed by atoms with Gasteiger partial charge in [0.05, 0.1) is 12.0 Å². The molecule has 1 saturated heterocycles. The van der Waals surface area contributed by atoms with E-state index < -0.39 is 0 Å². The van der Waals surface area contributed by atoms with E-state index in [4.69, 9.17) is 26.4 Å². The quantitative estimate of drug-likeness (QED) is 0.328. The zero-order valence-electron chi connectivity index (χ0n) is 17.3. The van der Waals surface area contributed by atoms with Crippen LogP contribution >= 0.6 is 24.0 Å². The fraction of sp³-hybridized carbons (Fsp3) is 0.304. The molecule has 1 aliphatic heterocycles. The molecule has 3 rings (SSSR count). The van der Waals surface area contributed by atoms with Crippen molar-refractivity contribution in [1.82, 2.24) is 5.32 Å². The summed E-state index contributed by atoms with van der Waals surface area (Å²) in [7, 11) is 1.58. The van der Waals surface area contributed by atoms with Gasteiger partial charge < -0.3 is 19.5 Å². The van der Waals surface area contributed by atoms with Crippen molar-refractivity contribution in [2.45, 2.75) is 26.2 Å². The summed E-state index contributed by atoms with van der Waals surface area (Å²) in [6, 6.07) is 13.7. The Bertz CT molecular complexity index is 941. The molecule has 1 atom stereocenters. The molecule has 1 aliphatic rings. The lowest BCUT2D eigenvalue weighted by atomic mass is 9.99. The number of nitrogens with one attached hydrogen (secondary N) is 1. The number of amides is 1. The lowest BCUT2D eigenvalue weighted by Crippen LogP contribution is -2.17. The first-order valence-corrected chi connectivity index (χ1v) is 11.0. The highest BCUT2D eigenvalue weighted by Gasteiger charge is 2.22. The number of ether oxygens (including phenoxy) is 3. The molecular formula is C23H25NO4S2. The number of carbonyl (C=O) groups is 1. The number of rotatable bonds is 9. The smallest absolute Gasteiger partial charge is 0.263 e. The van der Waals surface area contributed by atoms with Crippen LogP contribution in [0, 0.1) is 0 Å².